The minimum atomic E-state index is -1.51. The van der Waals surface area contributed by atoms with Crippen molar-refractivity contribution in [1.82, 2.24) is 10.6 Å². The van der Waals surface area contributed by atoms with E-state index in [0.29, 0.717) is 5.56 Å². The molecule has 1 aromatic rings. The van der Waals surface area contributed by atoms with Crippen molar-refractivity contribution in [3.05, 3.63) is 35.4 Å². The molecule has 21 heavy (non-hydrogen) atoms. The summed E-state index contributed by atoms with van der Waals surface area (Å²) in [6.07, 6.45) is -1.60. The highest BCUT2D eigenvalue weighted by Gasteiger charge is 2.13. The molecule has 0 saturated carbocycles. The molecule has 0 spiro atoms. The van der Waals surface area contributed by atoms with Gasteiger partial charge in [-0.05, 0) is 19.1 Å². The molecule has 1 aromatic carbocycles. The van der Waals surface area contributed by atoms with Crippen LogP contribution in [0.1, 0.15) is 22.3 Å². The lowest BCUT2D eigenvalue weighted by Crippen LogP contribution is -2.38. The fourth-order valence-electron chi connectivity index (χ4n) is 1.50. The summed E-state index contributed by atoms with van der Waals surface area (Å²) >= 11 is 0. The Morgan fingerprint density at radius 2 is 1.76 bits per heavy atom. The highest BCUT2D eigenvalue weighted by Crippen LogP contribution is 2.02. The lowest BCUT2D eigenvalue weighted by molar-refractivity contribution is -0.147. The van der Waals surface area contributed by atoms with Crippen molar-refractivity contribution in [1.29, 1.82) is 0 Å². The van der Waals surface area contributed by atoms with Gasteiger partial charge in [-0.2, -0.15) is 0 Å². The number of nitrogens with one attached hydrogen (secondary N) is 2. The van der Waals surface area contributed by atoms with Gasteiger partial charge in [-0.3, -0.25) is 9.59 Å². The van der Waals surface area contributed by atoms with Crippen molar-refractivity contribution in [3.8, 4) is 0 Å². The van der Waals surface area contributed by atoms with E-state index in [9.17, 15) is 14.4 Å². The lowest BCUT2D eigenvalue weighted by atomic mass is 10.1. The summed E-state index contributed by atoms with van der Waals surface area (Å²) in [6.45, 7) is 1.71. The number of hydrogen-bond donors (Lipinski definition) is 4. The third-order valence-corrected chi connectivity index (χ3v) is 2.75. The summed E-state index contributed by atoms with van der Waals surface area (Å²) in [5.41, 5.74) is 1.48. The third kappa shape index (κ3) is 6.05. The molecule has 7 nitrogen and oxygen atoms in total. The molecule has 0 bridgehead atoms. The summed E-state index contributed by atoms with van der Waals surface area (Å²) < 4.78 is 0. The van der Waals surface area contributed by atoms with Gasteiger partial charge in [-0.1, -0.05) is 17.7 Å². The molecule has 0 heterocycles. The van der Waals surface area contributed by atoms with Crippen molar-refractivity contribution in [2.45, 2.75) is 19.4 Å². The number of aryl methyl sites for hydroxylation is 1. The average Bonchev–Trinajstić information content (AvgIpc) is 2.45. The standard InChI is InChI=1S/C14H18N2O5/c1-9-2-4-10(5-3-9)13(19)16-8-12(18)15-7-6-11(17)14(20)21/h2-5,11,17H,6-8H2,1H3,(H,15,18)(H,16,19)(H,20,21). The largest absolute Gasteiger partial charge is 0.479 e. The van der Waals surface area contributed by atoms with Crippen LogP contribution in [0.4, 0.5) is 0 Å². The fourth-order valence-corrected chi connectivity index (χ4v) is 1.50. The molecule has 2 amide bonds. The Balaban J connectivity index is 2.28. The SMILES string of the molecule is Cc1ccc(C(=O)NCC(=O)NCCC(O)C(=O)O)cc1. The van der Waals surface area contributed by atoms with Crippen LogP contribution >= 0.6 is 0 Å². The molecular weight excluding hydrogens is 276 g/mol. The van der Waals surface area contributed by atoms with E-state index in [2.05, 4.69) is 10.6 Å². The van der Waals surface area contributed by atoms with Crippen LogP contribution in [0.2, 0.25) is 0 Å². The van der Waals surface area contributed by atoms with Gasteiger partial charge in [-0.15, -0.1) is 0 Å². The van der Waals surface area contributed by atoms with E-state index < -0.39 is 18.0 Å². The van der Waals surface area contributed by atoms with Gasteiger partial charge < -0.3 is 20.8 Å². The molecule has 0 aliphatic heterocycles. The zero-order valence-electron chi connectivity index (χ0n) is 11.6. The number of aliphatic hydroxyl groups is 1. The Morgan fingerprint density at radius 1 is 1.14 bits per heavy atom. The number of aliphatic hydroxyl groups excluding tert-OH is 1. The van der Waals surface area contributed by atoms with Gasteiger partial charge in [0.05, 0.1) is 6.54 Å². The van der Waals surface area contributed by atoms with Gasteiger partial charge in [0.2, 0.25) is 5.91 Å². The predicted molar refractivity (Wildman–Crippen MR) is 74.8 cm³/mol. The number of carbonyl (C=O) groups excluding carboxylic acids is 2. The van der Waals surface area contributed by atoms with Crippen LogP contribution in [-0.2, 0) is 9.59 Å². The van der Waals surface area contributed by atoms with E-state index >= 15 is 0 Å². The number of carboxylic acid groups (broad SMARTS) is 1. The molecule has 0 saturated heterocycles. The van der Waals surface area contributed by atoms with E-state index in [4.69, 9.17) is 10.2 Å². The first kappa shape index (κ1) is 16.6. The second-order valence-corrected chi connectivity index (χ2v) is 4.54. The normalized spacial score (nSPS) is 11.5. The summed E-state index contributed by atoms with van der Waals surface area (Å²) in [6, 6.07) is 6.90. The Kier molecular flexibility index (Phi) is 6.35. The van der Waals surface area contributed by atoms with Gasteiger partial charge in [0.25, 0.3) is 5.91 Å². The van der Waals surface area contributed by atoms with Gasteiger partial charge in [0.15, 0.2) is 6.10 Å². The van der Waals surface area contributed by atoms with E-state index in [0.717, 1.165) is 5.56 Å². The van der Waals surface area contributed by atoms with E-state index in [1.807, 2.05) is 6.92 Å². The number of aliphatic carboxylic acids is 1. The fraction of sp³-hybridized carbons (Fsp3) is 0.357. The number of carboxylic acids is 1. The molecular formula is C14H18N2O5. The van der Waals surface area contributed by atoms with E-state index in [1.54, 1.807) is 24.3 Å². The van der Waals surface area contributed by atoms with Gasteiger partial charge >= 0.3 is 5.97 Å². The highest BCUT2D eigenvalue weighted by atomic mass is 16.4. The summed E-state index contributed by atoms with van der Waals surface area (Å²) in [5.74, 6) is -2.15. The Morgan fingerprint density at radius 3 is 2.33 bits per heavy atom. The number of rotatable bonds is 7. The maximum Gasteiger partial charge on any atom is 0.332 e. The second-order valence-electron chi connectivity index (χ2n) is 4.54. The molecule has 0 aromatic heterocycles. The number of benzene rings is 1. The first-order valence-corrected chi connectivity index (χ1v) is 6.42. The molecule has 1 rings (SSSR count). The quantitative estimate of drug-likeness (QED) is 0.550. The monoisotopic (exact) mass is 294 g/mol. The zero-order valence-corrected chi connectivity index (χ0v) is 11.6. The van der Waals surface area contributed by atoms with Crippen LogP contribution in [0.15, 0.2) is 24.3 Å². The molecule has 7 heteroatoms. The molecule has 1 unspecified atom stereocenters. The van der Waals surface area contributed by atoms with Crippen molar-refractivity contribution in [2.75, 3.05) is 13.1 Å². The maximum absolute atomic E-state index is 11.7. The van der Waals surface area contributed by atoms with Crippen LogP contribution in [0.5, 0.6) is 0 Å². The van der Waals surface area contributed by atoms with Crippen LogP contribution in [0, 0.1) is 6.92 Å². The highest BCUT2D eigenvalue weighted by molar-refractivity contribution is 5.96. The van der Waals surface area contributed by atoms with E-state index in [-0.39, 0.29) is 25.4 Å². The van der Waals surface area contributed by atoms with Gasteiger partial charge in [-0.25, -0.2) is 4.79 Å². The Hall–Kier alpha value is -2.41. The van der Waals surface area contributed by atoms with Crippen molar-refractivity contribution in [2.24, 2.45) is 0 Å². The van der Waals surface area contributed by atoms with Crippen molar-refractivity contribution >= 4 is 17.8 Å². The molecule has 4 N–H and O–H groups in total. The molecule has 114 valence electrons. The predicted octanol–water partition coefficient (Wildman–Crippen LogP) is -0.323. The molecule has 0 fully saturated rings. The smallest absolute Gasteiger partial charge is 0.332 e. The van der Waals surface area contributed by atoms with Crippen LogP contribution in [-0.4, -0.2) is 47.2 Å². The van der Waals surface area contributed by atoms with Crippen LogP contribution in [0.25, 0.3) is 0 Å². The van der Waals surface area contributed by atoms with E-state index in [1.165, 1.54) is 0 Å². The number of carbonyl (C=O) groups is 3. The first-order chi connectivity index (χ1) is 9.90. The second kappa shape index (κ2) is 8.01. The maximum atomic E-state index is 11.7. The summed E-state index contributed by atoms with van der Waals surface area (Å²) in [5, 5.41) is 22.3. The van der Waals surface area contributed by atoms with Crippen LogP contribution < -0.4 is 10.6 Å². The topological polar surface area (TPSA) is 116 Å². The third-order valence-electron chi connectivity index (χ3n) is 2.75. The van der Waals surface area contributed by atoms with Gasteiger partial charge in [0.1, 0.15) is 0 Å². The zero-order chi connectivity index (χ0) is 15.8. The lowest BCUT2D eigenvalue weighted by Gasteiger charge is -2.08. The molecule has 0 radical (unpaired) electrons. The Bertz CT molecular complexity index is 513. The van der Waals surface area contributed by atoms with Crippen molar-refractivity contribution in [3.63, 3.8) is 0 Å². The number of amides is 2. The van der Waals surface area contributed by atoms with Crippen LogP contribution in [0.3, 0.4) is 0 Å². The minimum Gasteiger partial charge on any atom is -0.479 e. The minimum absolute atomic E-state index is 0.0205. The Labute approximate surface area is 122 Å². The summed E-state index contributed by atoms with van der Waals surface area (Å²) in [7, 11) is 0. The van der Waals surface area contributed by atoms with Crippen molar-refractivity contribution < 1.29 is 24.6 Å². The first-order valence-electron chi connectivity index (χ1n) is 6.42. The molecule has 0 aliphatic carbocycles. The summed E-state index contributed by atoms with van der Waals surface area (Å²) in [4.78, 5) is 33.5. The number of hydrogen-bond acceptors (Lipinski definition) is 4. The van der Waals surface area contributed by atoms with Gasteiger partial charge in [0, 0.05) is 18.5 Å². The average molecular weight is 294 g/mol. The molecule has 1 atom stereocenters. The molecule has 0 aliphatic rings.